The molecule has 3 heterocycles. The summed E-state index contributed by atoms with van der Waals surface area (Å²) in [5.74, 6) is 1.54. The van der Waals surface area contributed by atoms with Crippen molar-refractivity contribution in [1.29, 1.82) is 0 Å². The van der Waals surface area contributed by atoms with Gasteiger partial charge in [0.1, 0.15) is 23.1 Å². The fourth-order valence-electron chi connectivity index (χ4n) is 4.31. The van der Waals surface area contributed by atoms with Gasteiger partial charge in [-0.15, -0.1) is 0 Å². The Balaban J connectivity index is 1.43. The van der Waals surface area contributed by atoms with Crippen LogP contribution in [-0.2, 0) is 24.4 Å². The molecule has 4 aromatic rings. The summed E-state index contributed by atoms with van der Waals surface area (Å²) in [5, 5.41) is 4.64. The molecule has 8 heteroatoms. The van der Waals surface area contributed by atoms with Crippen molar-refractivity contribution in [2.75, 3.05) is 13.7 Å². The van der Waals surface area contributed by atoms with Gasteiger partial charge < -0.3 is 19.8 Å². The minimum absolute atomic E-state index is 0.137. The van der Waals surface area contributed by atoms with Gasteiger partial charge in [-0.3, -0.25) is 4.68 Å². The molecule has 2 N–H and O–H groups in total. The number of halogens is 1. The Morgan fingerprint density at radius 3 is 2.58 bits per heavy atom. The minimum atomic E-state index is -0.274. The quantitative estimate of drug-likeness (QED) is 0.438. The molecular formula is C25H26FN5O2. The molecular weight excluding hydrogens is 421 g/mol. The largest absolute Gasteiger partial charge is 0.497 e. The molecule has 0 fully saturated rings. The van der Waals surface area contributed by atoms with Crippen LogP contribution < -0.4 is 10.5 Å². The van der Waals surface area contributed by atoms with E-state index < -0.39 is 0 Å². The second kappa shape index (κ2) is 9.17. The molecule has 7 nitrogen and oxygen atoms in total. The summed E-state index contributed by atoms with van der Waals surface area (Å²) in [6, 6.07) is 16.4. The highest BCUT2D eigenvalue weighted by molar-refractivity contribution is 5.77. The molecule has 2 aromatic heterocycles. The summed E-state index contributed by atoms with van der Waals surface area (Å²) in [4.78, 5) is 4.93. The number of imidazole rings is 1. The van der Waals surface area contributed by atoms with E-state index >= 15 is 0 Å². The fourth-order valence-corrected chi connectivity index (χ4v) is 4.31. The number of nitrogens with two attached hydrogens (primary N) is 1. The molecule has 1 aliphatic heterocycles. The van der Waals surface area contributed by atoms with Gasteiger partial charge in [-0.25, -0.2) is 9.37 Å². The second-order valence-electron chi connectivity index (χ2n) is 8.08. The topological polar surface area (TPSA) is 80.1 Å². The Kier molecular flexibility index (Phi) is 5.93. The molecule has 5 rings (SSSR count). The predicted molar refractivity (Wildman–Crippen MR) is 123 cm³/mol. The Labute approximate surface area is 191 Å². The first-order valence-electron chi connectivity index (χ1n) is 11.0. The van der Waals surface area contributed by atoms with Gasteiger partial charge in [0.05, 0.1) is 44.4 Å². The third-order valence-electron chi connectivity index (χ3n) is 5.98. The van der Waals surface area contributed by atoms with Gasteiger partial charge in [0, 0.05) is 18.2 Å². The molecule has 2 aromatic carbocycles. The summed E-state index contributed by atoms with van der Waals surface area (Å²) in [7, 11) is 1.66. The smallest absolute Gasteiger partial charge is 0.123 e. The maximum absolute atomic E-state index is 13.5. The van der Waals surface area contributed by atoms with Gasteiger partial charge in [0.2, 0.25) is 0 Å². The number of fused-ring (bicyclic) bond motifs is 1. The SMILES string of the molecule is COc1ccc(COCC2CCc3nc(-c4ccc(F)cc4)c(-c4ccn(CN)n4)n32)cc1. The van der Waals surface area contributed by atoms with Gasteiger partial charge in [0.15, 0.2) is 0 Å². The van der Waals surface area contributed by atoms with Crippen LogP contribution in [0, 0.1) is 5.82 Å². The summed E-state index contributed by atoms with van der Waals surface area (Å²) >= 11 is 0. The van der Waals surface area contributed by atoms with E-state index in [1.807, 2.05) is 36.5 Å². The van der Waals surface area contributed by atoms with E-state index in [1.165, 1.54) is 12.1 Å². The molecule has 0 radical (unpaired) electrons. The summed E-state index contributed by atoms with van der Waals surface area (Å²) in [6.07, 6.45) is 3.65. The van der Waals surface area contributed by atoms with Gasteiger partial charge >= 0.3 is 0 Å². The normalized spacial score (nSPS) is 15.1. The van der Waals surface area contributed by atoms with Crippen LogP contribution in [0.5, 0.6) is 5.75 Å². The van der Waals surface area contributed by atoms with Crippen molar-refractivity contribution in [3.05, 3.63) is 78.0 Å². The zero-order valence-electron chi connectivity index (χ0n) is 18.4. The van der Waals surface area contributed by atoms with Crippen LogP contribution in [0.15, 0.2) is 60.8 Å². The van der Waals surface area contributed by atoms with Crippen molar-refractivity contribution in [3.63, 3.8) is 0 Å². The molecule has 0 bridgehead atoms. The maximum Gasteiger partial charge on any atom is 0.123 e. The zero-order valence-corrected chi connectivity index (χ0v) is 18.4. The number of rotatable bonds is 8. The summed E-state index contributed by atoms with van der Waals surface area (Å²) in [6.45, 7) is 1.37. The maximum atomic E-state index is 13.5. The number of benzene rings is 2. The molecule has 1 atom stereocenters. The molecule has 1 unspecified atom stereocenters. The number of aromatic nitrogens is 4. The van der Waals surface area contributed by atoms with Crippen LogP contribution >= 0.6 is 0 Å². The van der Waals surface area contributed by atoms with Crippen molar-refractivity contribution >= 4 is 0 Å². The molecule has 1 aliphatic rings. The molecule has 0 spiro atoms. The molecule has 0 aliphatic carbocycles. The van der Waals surface area contributed by atoms with E-state index in [2.05, 4.69) is 9.67 Å². The lowest BCUT2D eigenvalue weighted by molar-refractivity contribution is 0.0924. The second-order valence-corrected chi connectivity index (χ2v) is 8.08. The van der Waals surface area contributed by atoms with Crippen LogP contribution in [0.2, 0.25) is 0 Å². The first-order chi connectivity index (χ1) is 16.2. The van der Waals surface area contributed by atoms with Crippen molar-refractivity contribution in [1.82, 2.24) is 19.3 Å². The average Bonchev–Trinajstić information content (AvgIpc) is 3.56. The lowest BCUT2D eigenvalue weighted by Gasteiger charge is -2.17. The molecule has 0 amide bonds. The van der Waals surface area contributed by atoms with E-state index in [-0.39, 0.29) is 11.9 Å². The molecule has 0 saturated heterocycles. The zero-order chi connectivity index (χ0) is 22.8. The number of hydrogen-bond donors (Lipinski definition) is 1. The standard InChI is InChI=1S/C25H26FN5O2/c1-32-21-9-2-17(3-10-21)14-33-15-20-8-11-23-28-24(18-4-6-19(26)7-5-18)25(31(20)23)22-12-13-30(16-27)29-22/h2-7,9-10,12-13,20H,8,11,14-16,27H2,1H3. The van der Waals surface area contributed by atoms with E-state index in [0.29, 0.717) is 19.9 Å². The van der Waals surface area contributed by atoms with Gasteiger partial charge in [0.25, 0.3) is 0 Å². The highest BCUT2D eigenvalue weighted by Crippen LogP contribution is 2.39. The van der Waals surface area contributed by atoms with Crippen LogP contribution in [0.25, 0.3) is 22.6 Å². The first-order valence-corrected chi connectivity index (χ1v) is 11.0. The predicted octanol–water partition coefficient (Wildman–Crippen LogP) is 4.18. The fraction of sp³-hybridized carbons (Fsp3) is 0.280. The molecule has 0 saturated carbocycles. The van der Waals surface area contributed by atoms with Gasteiger partial charge in [-0.05, 0) is 54.4 Å². The Bertz CT molecular complexity index is 1230. The van der Waals surface area contributed by atoms with E-state index in [9.17, 15) is 4.39 Å². The number of nitrogens with zero attached hydrogens (tertiary/aromatic N) is 4. The minimum Gasteiger partial charge on any atom is -0.497 e. The highest BCUT2D eigenvalue weighted by Gasteiger charge is 2.31. The number of methoxy groups -OCH3 is 1. The average molecular weight is 448 g/mol. The van der Waals surface area contributed by atoms with Gasteiger partial charge in [-0.2, -0.15) is 5.10 Å². The highest BCUT2D eigenvalue weighted by atomic mass is 19.1. The third-order valence-corrected chi connectivity index (χ3v) is 5.98. The van der Waals surface area contributed by atoms with Crippen LogP contribution in [0.1, 0.15) is 23.9 Å². The van der Waals surface area contributed by atoms with Crippen molar-refractivity contribution < 1.29 is 13.9 Å². The van der Waals surface area contributed by atoms with Crippen molar-refractivity contribution in [3.8, 4) is 28.4 Å². The van der Waals surface area contributed by atoms with Crippen LogP contribution in [-0.4, -0.2) is 33.0 Å². The first kappa shape index (κ1) is 21.4. The van der Waals surface area contributed by atoms with Gasteiger partial charge in [-0.1, -0.05) is 12.1 Å². The number of aryl methyl sites for hydroxylation is 1. The van der Waals surface area contributed by atoms with Crippen molar-refractivity contribution in [2.45, 2.75) is 32.2 Å². The van der Waals surface area contributed by atoms with E-state index in [1.54, 1.807) is 23.9 Å². The van der Waals surface area contributed by atoms with E-state index in [0.717, 1.165) is 52.6 Å². The lowest BCUT2D eigenvalue weighted by atomic mass is 10.1. The van der Waals surface area contributed by atoms with Crippen LogP contribution in [0.4, 0.5) is 4.39 Å². The Morgan fingerprint density at radius 1 is 1.09 bits per heavy atom. The third kappa shape index (κ3) is 4.27. The van der Waals surface area contributed by atoms with E-state index in [4.69, 9.17) is 20.2 Å². The Morgan fingerprint density at radius 2 is 1.88 bits per heavy atom. The number of ether oxygens (including phenoxy) is 2. The Hall–Kier alpha value is -3.49. The van der Waals surface area contributed by atoms with Crippen LogP contribution in [0.3, 0.4) is 0 Å². The summed E-state index contributed by atoms with van der Waals surface area (Å²) in [5.41, 5.74) is 10.2. The molecule has 33 heavy (non-hydrogen) atoms. The monoisotopic (exact) mass is 447 g/mol. The molecule has 170 valence electrons. The van der Waals surface area contributed by atoms with Crippen molar-refractivity contribution in [2.24, 2.45) is 5.73 Å². The number of hydrogen-bond acceptors (Lipinski definition) is 5. The summed E-state index contributed by atoms with van der Waals surface area (Å²) < 4.78 is 28.8. The lowest BCUT2D eigenvalue weighted by Crippen LogP contribution is -2.13.